The molecule has 2 atom stereocenters. The van der Waals surface area contributed by atoms with Crippen LogP contribution < -0.4 is 14.4 Å². The highest BCUT2D eigenvalue weighted by Crippen LogP contribution is 2.44. The summed E-state index contributed by atoms with van der Waals surface area (Å²) in [6, 6.07) is 3.71. The van der Waals surface area contributed by atoms with Crippen LogP contribution in [-0.2, 0) is 16.0 Å². The highest BCUT2D eigenvalue weighted by molar-refractivity contribution is 6.01. The SMILES string of the molecule is COc1cc2c(cc1OC)N(C(=O)[C@@H]1C[C@H]1C(=O)O)CCC2. The molecule has 0 bridgehead atoms. The van der Waals surface area contributed by atoms with Gasteiger partial charge in [0.05, 0.1) is 31.7 Å². The summed E-state index contributed by atoms with van der Waals surface area (Å²) in [5.41, 5.74) is 1.84. The molecule has 118 valence electrons. The van der Waals surface area contributed by atoms with E-state index in [2.05, 4.69) is 0 Å². The Bertz CT molecular complexity index is 627. The average molecular weight is 305 g/mol. The Hall–Kier alpha value is -2.24. The number of rotatable bonds is 4. The summed E-state index contributed by atoms with van der Waals surface area (Å²) in [5, 5.41) is 9.01. The van der Waals surface area contributed by atoms with Gasteiger partial charge in [-0.05, 0) is 30.9 Å². The highest BCUT2D eigenvalue weighted by atomic mass is 16.5. The molecule has 1 heterocycles. The molecule has 22 heavy (non-hydrogen) atoms. The lowest BCUT2D eigenvalue weighted by Gasteiger charge is -2.30. The minimum Gasteiger partial charge on any atom is -0.493 e. The third-order valence-corrected chi connectivity index (χ3v) is 4.39. The lowest BCUT2D eigenvalue weighted by atomic mass is 10.00. The Morgan fingerprint density at radius 2 is 1.86 bits per heavy atom. The monoisotopic (exact) mass is 305 g/mol. The number of hydrogen-bond acceptors (Lipinski definition) is 4. The predicted octanol–water partition coefficient (Wildman–Crippen LogP) is 1.70. The fourth-order valence-electron chi connectivity index (χ4n) is 3.08. The van der Waals surface area contributed by atoms with E-state index in [0.717, 1.165) is 24.1 Å². The van der Waals surface area contributed by atoms with Gasteiger partial charge in [-0.2, -0.15) is 0 Å². The molecule has 0 saturated heterocycles. The topological polar surface area (TPSA) is 76.1 Å². The Balaban J connectivity index is 1.91. The summed E-state index contributed by atoms with van der Waals surface area (Å²) in [4.78, 5) is 25.3. The van der Waals surface area contributed by atoms with Crippen LogP contribution in [0.15, 0.2) is 12.1 Å². The summed E-state index contributed by atoms with van der Waals surface area (Å²) in [6.07, 6.45) is 2.17. The van der Waals surface area contributed by atoms with Crippen molar-refractivity contribution in [1.29, 1.82) is 0 Å². The van der Waals surface area contributed by atoms with E-state index in [9.17, 15) is 9.59 Å². The molecular formula is C16H19NO5. The molecule has 1 fully saturated rings. The second-order valence-corrected chi connectivity index (χ2v) is 5.72. The summed E-state index contributed by atoms with van der Waals surface area (Å²) >= 11 is 0. The molecule has 1 amide bonds. The smallest absolute Gasteiger partial charge is 0.307 e. The molecule has 1 aromatic carbocycles. The molecule has 1 N–H and O–H groups in total. The van der Waals surface area contributed by atoms with Crippen LogP contribution in [0, 0.1) is 11.8 Å². The Labute approximate surface area is 128 Å². The number of carbonyl (C=O) groups is 2. The number of methoxy groups -OCH3 is 2. The molecule has 6 nitrogen and oxygen atoms in total. The third kappa shape index (κ3) is 2.38. The van der Waals surface area contributed by atoms with Crippen LogP contribution in [0.1, 0.15) is 18.4 Å². The number of carboxylic acid groups (broad SMARTS) is 1. The number of ether oxygens (including phenoxy) is 2. The first-order valence-electron chi connectivity index (χ1n) is 7.36. The van der Waals surface area contributed by atoms with Gasteiger partial charge >= 0.3 is 5.97 Å². The molecule has 1 saturated carbocycles. The molecule has 0 radical (unpaired) electrons. The normalized spacial score (nSPS) is 22.7. The molecule has 0 spiro atoms. The van der Waals surface area contributed by atoms with Crippen LogP contribution in [0.25, 0.3) is 0 Å². The second-order valence-electron chi connectivity index (χ2n) is 5.72. The molecule has 2 aliphatic rings. The van der Waals surface area contributed by atoms with Gasteiger partial charge in [0.1, 0.15) is 0 Å². The average Bonchev–Trinajstić information content (AvgIpc) is 3.33. The van der Waals surface area contributed by atoms with Gasteiger partial charge in [-0.15, -0.1) is 0 Å². The third-order valence-electron chi connectivity index (χ3n) is 4.39. The maximum atomic E-state index is 12.6. The number of benzene rings is 1. The minimum atomic E-state index is -0.886. The van der Waals surface area contributed by atoms with Crippen molar-refractivity contribution in [3.05, 3.63) is 17.7 Å². The number of fused-ring (bicyclic) bond motifs is 1. The van der Waals surface area contributed by atoms with E-state index in [1.54, 1.807) is 19.1 Å². The zero-order chi connectivity index (χ0) is 15.9. The first kappa shape index (κ1) is 14.7. The van der Waals surface area contributed by atoms with Gasteiger partial charge in [-0.3, -0.25) is 9.59 Å². The fourth-order valence-corrected chi connectivity index (χ4v) is 3.08. The van der Waals surface area contributed by atoms with Crippen molar-refractivity contribution in [1.82, 2.24) is 0 Å². The van der Waals surface area contributed by atoms with Crippen LogP contribution in [0.5, 0.6) is 11.5 Å². The van der Waals surface area contributed by atoms with Gasteiger partial charge in [-0.25, -0.2) is 0 Å². The minimum absolute atomic E-state index is 0.0967. The molecule has 6 heteroatoms. The van der Waals surface area contributed by atoms with Crippen LogP contribution >= 0.6 is 0 Å². The van der Waals surface area contributed by atoms with E-state index in [1.165, 1.54) is 0 Å². The van der Waals surface area contributed by atoms with E-state index >= 15 is 0 Å². The zero-order valence-electron chi connectivity index (χ0n) is 12.7. The van der Waals surface area contributed by atoms with Gasteiger partial charge < -0.3 is 19.5 Å². The predicted molar refractivity (Wildman–Crippen MR) is 79.5 cm³/mol. The van der Waals surface area contributed by atoms with E-state index in [1.807, 2.05) is 12.1 Å². The van der Waals surface area contributed by atoms with Crippen molar-refractivity contribution in [2.24, 2.45) is 11.8 Å². The standard InChI is InChI=1S/C16H19NO5/c1-21-13-6-9-4-3-5-17(12(9)8-14(13)22-2)15(18)10-7-11(10)16(19)20/h6,8,10-11H,3-5,7H2,1-2H3,(H,19,20)/t10-,11-/m1/s1. The number of carboxylic acids is 1. The van der Waals surface area contributed by atoms with Crippen molar-refractivity contribution in [2.45, 2.75) is 19.3 Å². The zero-order valence-corrected chi connectivity index (χ0v) is 12.7. The summed E-state index contributed by atoms with van der Waals surface area (Å²) in [5.74, 6) is -0.685. The van der Waals surface area contributed by atoms with Gasteiger partial charge in [0.15, 0.2) is 11.5 Å². The second kappa shape index (κ2) is 5.51. The van der Waals surface area contributed by atoms with Gasteiger partial charge in [0.2, 0.25) is 5.91 Å². The number of hydrogen-bond donors (Lipinski definition) is 1. The summed E-state index contributed by atoms with van der Waals surface area (Å²) in [7, 11) is 3.14. The van der Waals surface area contributed by atoms with Gasteiger partial charge in [0, 0.05) is 12.6 Å². The molecule has 1 aromatic rings. The maximum absolute atomic E-state index is 12.6. The quantitative estimate of drug-likeness (QED) is 0.916. The van der Waals surface area contributed by atoms with Crippen molar-refractivity contribution >= 4 is 17.6 Å². The summed E-state index contributed by atoms with van der Waals surface area (Å²) < 4.78 is 10.6. The summed E-state index contributed by atoms with van der Waals surface area (Å²) in [6.45, 7) is 0.615. The molecular weight excluding hydrogens is 286 g/mol. The first-order chi connectivity index (χ1) is 10.6. The molecule has 1 aliphatic heterocycles. The van der Waals surface area contributed by atoms with E-state index < -0.39 is 17.8 Å². The van der Waals surface area contributed by atoms with Crippen molar-refractivity contribution < 1.29 is 24.2 Å². The lowest BCUT2D eigenvalue weighted by molar-refractivity contribution is -0.140. The van der Waals surface area contributed by atoms with Gasteiger partial charge in [0.25, 0.3) is 0 Å². The molecule has 0 aromatic heterocycles. The number of aliphatic carboxylic acids is 1. The molecule has 1 aliphatic carbocycles. The van der Waals surface area contributed by atoms with E-state index in [4.69, 9.17) is 14.6 Å². The van der Waals surface area contributed by atoms with Crippen LogP contribution in [0.3, 0.4) is 0 Å². The highest BCUT2D eigenvalue weighted by Gasteiger charge is 2.50. The number of aryl methyl sites for hydroxylation is 1. The van der Waals surface area contributed by atoms with Crippen molar-refractivity contribution in [2.75, 3.05) is 25.7 Å². The Kier molecular flexibility index (Phi) is 3.68. The maximum Gasteiger partial charge on any atom is 0.307 e. The molecule has 0 unspecified atom stereocenters. The first-order valence-corrected chi connectivity index (χ1v) is 7.36. The molecule has 3 rings (SSSR count). The van der Waals surface area contributed by atoms with E-state index in [-0.39, 0.29) is 5.91 Å². The lowest BCUT2D eigenvalue weighted by Crippen LogP contribution is -2.37. The number of nitrogens with zero attached hydrogens (tertiary/aromatic N) is 1. The number of amides is 1. The number of anilines is 1. The number of carbonyl (C=O) groups excluding carboxylic acids is 1. The van der Waals surface area contributed by atoms with Crippen molar-refractivity contribution in [3.8, 4) is 11.5 Å². The van der Waals surface area contributed by atoms with Crippen LogP contribution in [-0.4, -0.2) is 37.7 Å². The fraction of sp³-hybridized carbons (Fsp3) is 0.500. The van der Waals surface area contributed by atoms with Crippen LogP contribution in [0.2, 0.25) is 0 Å². The van der Waals surface area contributed by atoms with E-state index in [0.29, 0.717) is 24.5 Å². The van der Waals surface area contributed by atoms with Crippen molar-refractivity contribution in [3.63, 3.8) is 0 Å². The Morgan fingerprint density at radius 3 is 2.45 bits per heavy atom. The van der Waals surface area contributed by atoms with Crippen LogP contribution in [0.4, 0.5) is 5.69 Å². The van der Waals surface area contributed by atoms with Gasteiger partial charge in [-0.1, -0.05) is 0 Å². The largest absolute Gasteiger partial charge is 0.493 e. The Morgan fingerprint density at radius 1 is 1.18 bits per heavy atom.